The van der Waals surface area contributed by atoms with Crippen molar-refractivity contribution < 1.29 is 4.42 Å². The molecule has 0 atom stereocenters. The Bertz CT molecular complexity index is 546. The standard InChI is InChI=1S/C16H23NO/c1-6-17-9-12-10-18-15-13(16(3,4)5)8-7-11(2)14(12)15/h7-8,10,17H,6,9H2,1-5H3. The van der Waals surface area contributed by atoms with E-state index in [1.54, 1.807) is 0 Å². The van der Waals surface area contributed by atoms with Gasteiger partial charge in [0.05, 0.1) is 6.26 Å². The summed E-state index contributed by atoms with van der Waals surface area (Å²) in [6.07, 6.45) is 1.90. The summed E-state index contributed by atoms with van der Waals surface area (Å²) in [4.78, 5) is 0. The van der Waals surface area contributed by atoms with Gasteiger partial charge in [0.15, 0.2) is 0 Å². The smallest absolute Gasteiger partial charge is 0.138 e. The fraction of sp³-hybridized carbons (Fsp3) is 0.500. The van der Waals surface area contributed by atoms with Gasteiger partial charge in [-0.05, 0) is 24.4 Å². The molecule has 0 saturated carbocycles. The molecular formula is C16H23NO. The Morgan fingerprint density at radius 3 is 2.56 bits per heavy atom. The number of hydrogen-bond acceptors (Lipinski definition) is 2. The maximum atomic E-state index is 5.84. The van der Waals surface area contributed by atoms with Crippen molar-refractivity contribution in [3.63, 3.8) is 0 Å². The second-order valence-electron chi connectivity index (χ2n) is 5.93. The van der Waals surface area contributed by atoms with Crippen molar-refractivity contribution in [2.24, 2.45) is 0 Å². The number of fused-ring (bicyclic) bond motifs is 1. The lowest BCUT2D eigenvalue weighted by Crippen LogP contribution is -2.12. The third-order valence-corrected chi connectivity index (χ3v) is 3.38. The SMILES string of the molecule is CCNCc1coc2c(C(C)(C)C)ccc(C)c12. The molecule has 2 aromatic rings. The summed E-state index contributed by atoms with van der Waals surface area (Å²) in [6, 6.07) is 4.39. The second kappa shape index (κ2) is 4.77. The highest BCUT2D eigenvalue weighted by atomic mass is 16.3. The van der Waals surface area contributed by atoms with Gasteiger partial charge in [-0.15, -0.1) is 0 Å². The topological polar surface area (TPSA) is 25.2 Å². The second-order valence-corrected chi connectivity index (χ2v) is 5.93. The Balaban J connectivity index is 2.59. The lowest BCUT2D eigenvalue weighted by Gasteiger charge is -2.19. The monoisotopic (exact) mass is 245 g/mol. The van der Waals surface area contributed by atoms with Gasteiger partial charge < -0.3 is 9.73 Å². The summed E-state index contributed by atoms with van der Waals surface area (Å²) < 4.78 is 5.84. The molecule has 2 rings (SSSR count). The Kier molecular flexibility index (Phi) is 3.49. The molecule has 18 heavy (non-hydrogen) atoms. The molecule has 0 fully saturated rings. The van der Waals surface area contributed by atoms with Crippen molar-refractivity contribution in [3.05, 3.63) is 35.1 Å². The zero-order valence-electron chi connectivity index (χ0n) is 12.1. The lowest BCUT2D eigenvalue weighted by atomic mass is 9.85. The first-order chi connectivity index (χ1) is 8.45. The molecule has 0 unspecified atom stereocenters. The van der Waals surface area contributed by atoms with Crippen LogP contribution in [-0.4, -0.2) is 6.54 Å². The van der Waals surface area contributed by atoms with E-state index in [0.717, 1.165) is 18.7 Å². The van der Waals surface area contributed by atoms with E-state index in [9.17, 15) is 0 Å². The molecule has 2 heteroatoms. The molecule has 0 aliphatic rings. The Hall–Kier alpha value is -1.28. The third kappa shape index (κ3) is 2.30. The van der Waals surface area contributed by atoms with Gasteiger partial charge in [0.1, 0.15) is 5.58 Å². The van der Waals surface area contributed by atoms with Crippen molar-refractivity contribution in [3.8, 4) is 0 Å². The maximum absolute atomic E-state index is 5.84. The van der Waals surface area contributed by atoms with E-state index in [1.807, 2.05) is 6.26 Å². The minimum Gasteiger partial charge on any atom is -0.464 e. The number of rotatable bonds is 3. The van der Waals surface area contributed by atoms with Gasteiger partial charge in [0.25, 0.3) is 0 Å². The average Bonchev–Trinajstić information content (AvgIpc) is 2.69. The van der Waals surface area contributed by atoms with Crippen LogP contribution in [0.1, 0.15) is 44.4 Å². The van der Waals surface area contributed by atoms with Crippen LogP contribution >= 0.6 is 0 Å². The van der Waals surface area contributed by atoms with Gasteiger partial charge >= 0.3 is 0 Å². The van der Waals surface area contributed by atoms with Crippen molar-refractivity contribution in [1.82, 2.24) is 5.32 Å². The Labute approximate surface area is 109 Å². The molecule has 2 nitrogen and oxygen atoms in total. The van der Waals surface area contributed by atoms with E-state index < -0.39 is 0 Å². The van der Waals surface area contributed by atoms with Gasteiger partial charge in [-0.1, -0.05) is 39.8 Å². The van der Waals surface area contributed by atoms with E-state index in [-0.39, 0.29) is 5.41 Å². The van der Waals surface area contributed by atoms with Crippen LogP contribution in [0.25, 0.3) is 11.0 Å². The first-order valence-corrected chi connectivity index (χ1v) is 6.66. The molecule has 1 aromatic carbocycles. The quantitative estimate of drug-likeness (QED) is 0.878. The summed E-state index contributed by atoms with van der Waals surface area (Å²) >= 11 is 0. The molecule has 1 heterocycles. The minimum atomic E-state index is 0.110. The molecule has 1 aromatic heterocycles. The normalized spacial score (nSPS) is 12.3. The average molecular weight is 245 g/mol. The van der Waals surface area contributed by atoms with Crippen LogP contribution in [0.2, 0.25) is 0 Å². The maximum Gasteiger partial charge on any atom is 0.138 e. The number of nitrogens with one attached hydrogen (secondary N) is 1. The van der Waals surface area contributed by atoms with E-state index in [4.69, 9.17) is 4.42 Å². The lowest BCUT2D eigenvalue weighted by molar-refractivity contribution is 0.556. The largest absolute Gasteiger partial charge is 0.464 e. The van der Waals surface area contributed by atoms with Gasteiger partial charge in [0.2, 0.25) is 0 Å². The molecular weight excluding hydrogens is 222 g/mol. The van der Waals surface area contributed by atoms with Crippen molar-refractivity contribution in [1.29, 1.82) is 0 Å². The number of furan rings is 1. The summed E-state index contributed by atoms with van der Waals surface area (Å²) in [5, 5.41) is 4.65. The molecule has 1 N–H and O–H groups in total. The summed E-state index contributed by atoms with van der Waals surface area (Å²) in [5.41, 5.74) is 5.00. The molecule has 0 aliphatic carbocycles. The van der Waals surface area contributed by atoms with Gasteiger partial charge in [-0.2, -0.15) is 0 Å². The molecule has 0 saturated heterocycles. The van der Waals surface area contributed by atoms with Crippen molar-refractivity contribution in [2.75, 3.05) is 6.54 Å². The van der Waals surface area contributed by atoms with Gasteiger partial charge in [-0.3, -0.25) is 0 Å². The predicted molar refractivity (Wildman–Crippen MR) is 77.0 cm³/mol. The summed E-state index contributed by atoms with van der Waals surface area (Å²) in [5.74, 6) is 0. The zero-order valence-corrected chi connectivity index (χ0v) is 12.1. The number of hydrogen-bond donors (Lipinski definition) is 1. The fourth-order valence-electron chi connectivity index (χ4n) is 2.37. The van der Waals surface area contributed by atoms with Gasteiger partial charge in [0, 0.05) is 23.1 Å². The highest BCUT2D eigenvalue weighted by Gasteiger charge is 2.21. The molecule has 0 amide bonds. The summed E-state index contributed by atoms with van der Waals surface area (Å²) in [7, 11) is 0. The minimum absolute atomic E-state index is 0.110. The summed E-state index contributed by atoms with van der Waals surface area (Å²) in [6.45, 7) is 12.8. The number of benzene rings is 1. The molecule has 0 radical (unpaired) electrons. The third-order valence-electron chi connectivity index (χ3n) is 3.38. The van der Waals surface area contributed by atoms with Crippen LogP contribution in [0.4, 0.5) is 0 Å². The first-order valence-electron chi connectivity index (χ1n) is 6.66. The molecule has 98 valence electrons. The van der Waals surface area contributed by atoms with Crippen molar-refractivity contribution >= 4 is 11.0 Å². The fourth-order valence-corrected chi connectivity index (χ4v) is 2.37. The van der Waals surface area contributed by atoms with Crippen LogP contribution < -0.4 is 5.32 Å². The van der Waals surface area contributed by atoms with Crippen LogP contribution in [0.15, 0.2) is 22.8 Å². The van der Waals surface area contributed by atoms with Crippen molar-refractivity contribution in [2.45, 2.75) is 46.6 Å². The van der Waals surface area contributed by atoms with E-state index in [2.05, 4.69) is 52.1 Å². The van der Waals surface area contributed by atoms with E-state index in [0.29, 0.717) is 0 Å². The molecule has 0 aliphatic heterocycles. The predicted octanol–water partition coefficient (Wildman–Crippen LogP) is 4.15. The zero-order chi connectivity index (χ0) is 13.3. The Morgan fingerprint density at radius 2 is 1.94 bits per heavy atom. The highest BCUT2D eigenvalue weighted by Crippen LogP contribution is 2.34. The van der Waals surface area contributed by atoms with E-state index >= 15 is 0 Å². The molecule has 0 bridgehead atoms. The number of aryl methyl sites for hydroxylation is 1. The van der Waals surface area contributed by atoms with Crippen LogP contribution in [0.3, 0.4) is 0 Å². The van der Waals surface area contributed by atoms with Crippen LogP contribution in [0.5, 0.6) is 0 Å². The van der Waals surface area contributed by atoms with Crippen LogP contribution in [-0.2, 0) is 12.0 Å². The van der Waals surface area contributed by atoms with E-state index in [1.165, 1.54) is 22.1 Å². The Morgan fingerprint density at radius 1 is 1.22 bits per heavy atom. The highest BCUT2D eigenvalue weighted by molar-refractivity contribution is 5.87. The molecule has 0 spiro atoms. The van der Waals surface area contributed by atoms with Gasteiger partial charge in [-0.25, -0.2) is 0 Å². The van der Waals surface area contributed by atoms with Crippen LogP contribution in [0, 0.1) is 6.92 Å². The first kappa shape index (κ1) is 13.2.